The van der Waals surface area contributed by atoms with Crippen LogP contribution >= 0.6 is 0 Å². The highest BCUT2D eigenvalue weighted by Crippen LogP contribution is 2.30. The normalized spacial score (nSPS) is 27.3. The third-order valence-electron chi connectivity index (χ3n) is 4.00. The van der Waals surface area contributed by atoms with Gasteiger partial charge in [0.25, 0.3) is 0 Å². The first-order chi connectivity index (χ1) is 9.10. The van der Waals surface area contributed by atoms with Gasteiger partial charge in [-0.2, -0.15) is 0 Å². The number of hydrogen-bond donors (Lipinski definition) is 1. The van der Waals surface area contributed by atoms with E-state index in [9.17, 15) is 4.79 Å². The van der Waals surface area contributed by atoms with Crippen molar-refractivity contribution in [1.82, 2.24) is 4.90 Å². The first kappa shape index (κ1) is 16.4. The number of carbonyl (C=O) groups excluding carboxylic acids is 1. The number of nitrogens with zero attached hydrogens (tertiary/aromatic N) is 1. The predicted molar refractivity (Wildman–Crippen MR) is 74.8 cm³/mol. The molecule has 0 aromatic heterocycles. The van der Waals surface area contributed by atoms with Crippen molar-refractivity contribution in [2.45, 2.75) is 32.2 Å². The van der Waals surface area contributed by atoms with E-state index in [1.807, 2.05) is 4.90 Å². The standard InChI is InChI=1S/C14H28N2O3/c1-11-4-5-12(15)10-13(11)14(17)16(6-8-18-2)7-9-19-3/h11-13H,4-10,15H2,1-3H3. The quantitative estimate of drug-likeness (QED) is 0.747. The average molecular weight is 272 g/mol. The van der Waals surface area contributed by atoms with E-state index < -0.39 is 0 Å². The SMILES string of the molecule is COCCN(CCOC)C(=O)C1CC(N)CCC1C. The van der Waals surface area contributed by atoms with E-state index in [1.165, 1.54) is 0 Å². The van der Waals surface area contributed by atoms with Gasteiger partial charge in [-0.3, -0.25) is 4.79 Å². The van der Waals surface area contributed by atoms with E-state index in [0.717, 1.165) is 19.3 Å². The molecule has 1 amide bonds. The van der Waals surface area contributed by atoms with Crippen LogP contribution in [0.25, 0.3) is 0 Å². The molecule has 112 valence electrons. The smallest absolute Gasteiger partial charge is 0.226 e. The van der Waals surface area contributed by atoms with Crippen molar-refractivity contribution in [2.24, 2.45) is 17.6 Å². The molecular formula is C14H28N2O3. The monoisotopic (exact) mass is 272 g/mol. The van der Waals surface area contributed by atoms with Gasteiger partial charge in [0.2, 0.25) is 5.91 Å². The molecule has 5 nitrogen and oxygen atoms in total. The van der Waals surface area contributed by atoms with Crippen LogP contribution < -0.4 is 5.73 Å². The van der Waals surface area contributed by atoms with Gasteiger partial charge >= 0.3 is 0 Å². The van der Waals surface area contributed by atoms with Crippen LogP contribution in [0, 0.1) is 11.8 Å². The van der Waals surface area contributed by atoms with Gasteiger partial charge in [-0.05, 0) is 25.2 Å². The number of rotatable bonds is 7. The zero-order valence-electron chi connectivity index (χ0n) is 12.4. The molecule has 2 N–H and O–H groups in total. The average Bonchev–Trinajstić information content (AvgIpc) is 2.41. The molecule has 0 aromatic carbocycles. The maximum Gasteiger partial charge on any atom is 0.226 e. The Morgan fingerprint density at radius 1 is 1.21 bits per heavy atom. The second-order valence-corrected chi connectivity index (χ2v) is 5.47. The van der Waals surface area contributed by atoms with Crippen LogP contribution in [0.4, 0.5) is 0 Å². The van der Waals surface area contributed by atoms with Crippen molar-refractivity contribution in [3.05, 3.63) is 0 Å². The lowest BCUT2D eigenvalue weighted by Crippen LogP contribution is -2.45. The van der Waals surface area contributed by atoms with Crippen LogP contribution in [0.2, 0.25) is 0 Å². The molecule has 0 spiro atoms. The topological polar surface area (TPSA) is 64.8 Å². The fourth-order valence-electron chi connectivity index (χ4n) is 2.67. The van der Waals surface area contributed by atoms with Gasteiger partial charge in [0, 0.05) is 39.3 Å². The minimum atomic E-state index is 0.0532. The summed E-state index contributed by atoms with van der Waals surface area (Å²) < 4.78 is 10.2. The lowest BCUT2D eigenvalue weighted by Gasteiger charge is -2.35. The molecule has 0 bridgehead atoms. The molecule has 3 unspecified atom stereocenters. The van der Waals surface area contributed by atoms with Crippen LogP contribution in [0.1, 0.15) is 26.2 Å². The molecule has 0 radical (unpaired) electrons. The molecule has 3 atom stereocenters. The Bertz CT molecular complexity index is 265. The third-order valence-corrected chi connectivity index (χ3v) is 4.00. The first-order valence-corrected chi connectivity index (χ1v) is 7.12. The second kappa shape index (κ2) is 8.51. The van der Waals surface area contributed by atoms with Crippen LogP contribution in [-0.4, -0.2) is 57.4 Å². The summed E-state index contributed by atoms with van der Waals surface area (Å²) in [7, 11) is 3.30. The van der Waals surface area contributed by atoms with Crippen LogP contribution in [0.5, 0.6) is 0 Å². The molecule has 0 heterocycles. The first-order valence-electron chi connectivity index (χ1n) is 7.12. The van der Waals surface area contributed by atoms with E-state index in [0.29, 0.717) is 32.2 Å². The van der Waals surface area contributed by atoms with Crippen molar-refractivity contribution in [3.63, 3.8) is 0 Å². The number of hydrogen-bond acceptors (Lipinski definition) is 4. The molecule has 1 fully saturated rings. The van der Waals surface area contributed by atoms with Gasteiger partial charge in [-0.1, -0.05) is 6.92 Å². The predicted octanol–water partition coefficient (Wildman–Crippen LogP) is 0.871. The van der Waals surface area contributed by atoms with E-state index >= 15 is 0 Å². The molecule has 1 rings (SSSR count). The van der Waals surface area contributed by atoms with Crippen molar-refractivity contribution in [1.29, 1.82) is 0 Å². The van der Waals surface area contributed by atoms with Crippen LogP contribution in [0.3, 0.4) is 0 Å². The minimum Gasteiger partial charge on any atom is -0.383 e. The van der Waals surface area contributed by atoms with E-state index in [1.54, 1.807) is 14.2 Å². The Labute approximate surface area is 116 Å². The van der Waals surface area contributed by atoms with Crippen molar-refractivity contribution in [3.8, 4) is 0 Å². The molecule has 0 aliphatic heterocycles. The summed E-state index contributed by atoms with van der Waals surface area (Å²) in [5, 5.41) is 0. The molecular weight excluding hydrogens is 244 g/mol. The van der Waals surface area contributed by atoms with Gasteiger partial charge in [-0.25, -0.2) is 0 Å². The molecule has 5 heteroatoms. The third kappa shape index (κ3) is 5.09. The zero-order chi connectivity index (χ0) is 14.3. The highest BCUT2D eigenvalue weighted by molar-refractivity contribution is 5.79. The van der Waals surface area contributed by atoms with Gasteiger partial charge in [-0.15, -0.1) is 0 Å². The zero-order valence-corrected chi connectivity index (χ0v) is 12.4. The summed E-state index contributed by atoms with van der Waals surface area (Å²) in [5.74, 6) is 0.675. The lowest BCUT2D eigenvalue weighted by atomic mass is 9.77. The summed E-state index contributed by atoms with van der Waals surface area (Å²) in [4.78, 5) is 14.5. The van der Waals surface area contributed by atoms with Crippen molar-refractivity contribution in [2.75, 3.05) is 40.5 Å². The Morgan fingerprint density at radius 2 is 1.79 bits per heavy atom. The van der Waals surface area contributed by atoms with Gasteiger partial charge in [0.1, 0.15) is 0 Å². The Balaban J connectivity index is 2.61. The number of carbonyl (C=O) groups is 1. The highest BCUT2D eigenvalue weighted by atomic mass is 16.5. The van der Waals surface area contributed by atoms with E-state index in [2.05, 4.69) is 6.92 Å². The van der Waals surface area contributed by atoms with Crippen molar-refractivity contribution >= 4 is 5.91 Å². The Kier molecular flexibility index (Phi) is 7.34. The molecule has 0 saturated heterocycles. The highest BCUT2D eigenvalue weighted by Gasteiger charge is 2.33. The Hall–Kier alpha value is -0.650. The maximum absolute atomic E-state index is 12.6. The summed E-state index contributed by atoms with van der Waals surface area (Å²) in [5.41, 5.74) is 6.01. The molecule has 1 aliphatic carbocycles. The van der Waals surface area contributed by atoms with E-state index in [-0.39, 0.29) is 17.9 Å². The number of methoxy groups -OCH3 is 2. The second-order valence-electron chi connectivity index (χ2n) is 5.47. The molecule has 1 saturated carbocycles. The number of ether oxygens (including phenoxy) is 2. The summed E-state index contributed by atoms with van der Waals surface area (Å²) in [6.07, 6.45) is 2.87. The lowest BCUT2D eigenvalue weighted by molar-refractivity contribution is -0.139. The van der Waals surface area contributed by atoms with E-state index in [4.69, 9.17) is 15.2 Å². The fourth-order valence-corrected chi connectivity index (χ4v) is 2.67. The van der Waals surface area contributed by atoms with Gasteiger partial charge < -0.3 is 20.1 Å². The largest absolute Gasteiger partial charge is 0.383 e. The number of amides is 1. The van der Waals surface area contributed by atoms with Crippen molar-refractivity contribution < 1.29 is 14.3 Å². The summed E-state index contributed by atoms with van der Waals surface area (Å²) >= 11 is 0. The minimum absolute atomic E-state index is 0.0532. The fraction of sp³-hybridized carbons (Fsp3) is 0.929. The number of nitrogens with two attached hydrogens (primary N) is 1. The summed E-state index contributed by atoms with van der Waals surface area (Å²) in [6.45, 7) is 4.51. The molecule has 19 heavy (non-hydrogen) atoms. The van der Waals surface area contributed by atoms with Crippen LogP contribution in [-0.2, 0) is 14.3 Å². The van der Waals surface area contributed by atoms with Gasteiger partial charge in [0.05, 0.1) is 13.2 Å². The maximum atomic E-state index is 12.6. The molecule has 1 aliphatic rings. The van der Waals surface area contributed by atoms with Crippen LogP contribution in [0.15, 0.2) is 0 Å². The van der Waals surface area contributed by atoms with Gasteiger partial charge in [0.15, 0.2) is 0 Å². The molecule has 0 aromatic rings. The Morgan fingerprint density at radius 3 is 2.32 bits per heavy atom. The summed E-state index contributed by atoms with van der Waals surface area (Å²) in [6, 6.07) is 0.164.